The first-order chi connectivity index (χ1) is 9.99. The second kappa shape index (κ2) is 10.8. The zero-order chi connectivity index (χ0) is 15.7. The Hall–Kier alpha value is -0.890. The molecule has 0 saturated heterocycles. The summed E-state index contributed by atoms with van der Waals surface area (Å²) in [7, 11) is 1.67. The van der Waals surface area contributed by atoms with E-state index in [4.69, 9.17) is 4.74 Å². The summed E-state index contributed by atoms with van der Waals surface area (Å²) in [4.78, 5) is 4.60. The van der Waals surface area contributed by atoms with Gasteiger partial charge >= 0.3 is 0 Å². The van der Waals surface area contributed by atoms with Crippen LogP contribution in [0.5, 0.6) is 0 Å². The minimum absolute atomic E-state index is 0. The minimum atomic E-state index is -0.215. The first kappa shape index (κ1) is 21.1. The van der Waals surface area contributed by atoms with Crippen molar-refractivity contribution in [3.63, 3.8) is 0 Å². The summed E-state index contributed by atoms with van der Waals surface area (Å²) in [6, 6.07) is 6.61. The fourth-order valence-corrected chi connectivity index (χ4v) is 1.88. The van der Waals surface area contributed by atoms with Gasteiger partial charge in [0.1, 0.15) is 5.82 Å². The quantitative estimate of drug-likeness (QED) is 0.307. The normalized spacial score (nSPS) is 11.8. The molecule has 0 atom stereocenters. The molecule has 1 aromatic carbocycles. The maximum Gasteiger partial charge on any atom is 0.191 e. The lowest BCUT2D eigenvalue weighted by Gasteiger charge is -2.24. The highest BCUT2D eigenvalue weighted by Crippen LogP contribution is 2.23. The van der Waals surface area contributed by atoms with Crippen LogP contribution >= 0.6 is 24.0 Å². The molecule has 0 aromatic heterocycles. The van der Waals surface area contributed by atoms with Gasteiger partial charge in [-0.25, -0.2) is 4.39 Å². The van der Waals surface area contributed by atoms with Gasteiger partial charge in [0.05, 0.1) is 13.2 Å². The standard InChI is InChI=1S/C16H26FN3O.HI/c1-5-18-15(19-10-11-21-4)20-12-16(2,3)13-6-8-14(17)9-7-13;/h6-9H,5,10-12H2,1-4H3,(H2,18,19,20);1H. The third-order valence-electron chi connectivity index (χ3n) is 3.20. The lowest BCUT2D eigenvalue weighted by molar-refractivity contribution is 0.203. The number of rotatable bonds is 7. The molecule has 22 heavy (non-hydrogen) atoms. The predicted octanol–water partition coefficient (Wildman–Crippen LogP) is 2.92. The minimum Gasteiger partial charge on any atom is -0.383 e. The van der Waals surface area contributed by atoms with Gasteiger partial charge in [0.2, 0.25) is 0 Å². The zero-order valence-electron chi connectivity index (χ0n) is 13.8. The lowest BCUT2D eigenvalue weighted by atomic mass is 9.85. The second-order valence-corrected chi connectivity index (χ2v) is 5.51. The van der Waals surface area contributed by atoms with E-state index in [0.717, 1.165) is 18.1 Å². The Bertz CT molecular complexity index is 449. The molecule has 0 aliphatic heterocycles. The first-order valence-electron chi connectivity index (χ1n) is 7.26. The van der Waals surface area contributed by atoms with Crippen molar-refractivity contribution in [3.8, 4) is 0 Å². The summed E-state index contributed by atoms with van der Waals surface area (Å²) in [5.74, 6) is 0.553. The van der Waals surface area contributed by atoms with Gasteiger partial charge in [-0.3, -0.25) is 4.99 Å². The molecular formula is C16H27FIN3O. The van der Waals surface area contributed by atoms with E-state index >= 15 is 0 Å². The van der Waals surface area contributed by atoms with Crippen LogP contribution in [0.1, 0.15) is 26.3 Å². The molecule has 6 heteroatoms. The lowest BCUT2D eigenvalue weighted by Crippen LogP contribution is -2.40. The molecule has 1 rings (SSSR count). The molecule has 0 spiro atoms. The van der Waals surface area contributed by atoms with Gasteiger partial charge in [0.25, 0.3) is 0 Å². The molecule has 0 heterocycles. The molecule has 0 bridgehead atoms. The summed E-state index contributed by atoms with van der Waals surface area (Å²) in [5.41, 5.74) is 0.914. The van der Waals surface area contributed by atoms with Crippen molar-refractivity contribution in [2.24, 2.45) is 4.99 Å². The molecule has 0 amide bonds. The third kappa shape index (κ3) is 7.40. The van der Waals surface area contributed by atoms with Crippen LogP contribution in [0, 0.1) is 5.82 Å². The highest BCUT2D eigenvalue weighted by Gasteiger charge is 2.20. The van der Waals surface area contributed by atoms with Crippen molar-refractivity contribution in [2.45, 2.75) is 26.2 Å². The largest absolute Gasteiger partial charge is 0.383 e. The van der Waals surface area contributed by atoms with Gasteiger partial charge in [-0.2, -0.15) is 0 Å². The number of guanidine groups is 1. The molecular weight excluding hydrogens is 396 g/mol. The Morgan fingerprint density at radius 1 is 1.23 bits per heavy atom. The highest BCUT2D eigenvalue weighted by atomic mass is 127. The molecule has 0 fully saturated rings. The van der Waals surface area contributed by atoms with Crippen molar-refractivity contribution in [1.29, 1.82) is 0 Å². The highest BCUT2D eigenvalue weighted by molar-refractivity contribution is 14.0. The van der Waals surface area contributed by atoms with Crippen LogP contribution in [0.4, 0.5) is 4.39 Å². The number of benzene rings is 1. The van der Waals surface area contributed by atoms with Gasteiger partial charge in [0, 0.05) is 25.6 Å². The summed E-state index contributed by atoms with van der Waals surface area (Å²) < 4.78 is 18.0. The topological polar surface area (TPSA) is 45.7 Å². The van der Waals surface area contributed by atoms with E-state index in [1.165, 1.54) is 12.1 Å². The molecule has 0 radical (unpaired) electrons. The van der Waals surface area contributed by atoms with E-state index in [0.29, 0.717) is 19.7 Å². The van der Waals surface area contributed by atoms with Gasteiger partial charge in [-0.05, 0) is 24.6 Å². The van der Waals surface area contributed by atoms with Crippen LogP contribution in [0.3, 0.4) is 0 Å². The summed E-state index contributed by atoms with van der Waals surface area (Å²) in [5, 5.41) is 6.41. The fourth-order valence-electron chi connectivity index (χ4n) is 1.88. The SMILES string of the molecule is CCNC(=NCC(C)(C)c1ccc(F)cc1)NCCOC.I. The number of aliphatic imine (C=N–C) groups is 1. The van der Waals surface area contributed by atoms with E-state index in [-0.39, 0.29) is 35.2 Å². The maximum atomic E-state index is 13.0. The summed E-state index contributed by atoms with van der Waals surface area (Å²) in [6.07, 6.45) is 0. The van der Waals surface area contributed by atoms with Crippen molar-refractivity contribution >= 4 is 29.9 Å². The monoisotopic (exact) mass is 423 g/mol. The van der Waals surface area contributed by atoms with Gasteiger partial charge in [-0.15, -0.1) is 24.0 Å². The van der Waals surface area contributed by atoms with E-state index in [1.54, 1.807) is 7.11 Å². The Morgan fingerprint density at radius 3 is 2.41 bits per heavy atom. The maximum absolute atomic E-state index is 13.0. The van der Waals surface area contributed by atoms with E-state index in [9.17, 15) is 4.39 Å². The van der Waals surface area contributed by atoms with Gasteiger partial charge < -0.3 is 15.4 Å². The van der Waals surface area contributed by atoms with Crippen LogP contribution in [0.25, 0.3) is 0 Å². The van der Waals surface area contributed by atoms with Crippen molar-refractivity contribution < 1.29 is 9.13 Å². The number of nitrogens with one attached hydrogen (secondary N) is 2. The second-order valence-electron chi connectivity index (χ2n) is 5.51. The smallest absolute Gasteiger partial charge is 0.191 e. The Morgan fingerprint density at radius 2 is 1.86 bits per heavy atom. The number of ether oxygens (including phenoxy) is 1. The number of nitrogens with zero attached hydrogens (tertiary/aromatic N) is 1. The first-order valence-corrected chi connectivity index (χ1v) is 7.26. The van der Waals surface area contributed by atoms with Crippen LogP contribution in [-0.2, 0) is 10.2 Å². The van der Waals surface area contributed by atoms with Crippen molar-refractivity contribution in [3.05, 3.63) is 35.6 Å². The zero-order valence-corrected chi connectivity index (χ0v) is 16.1. The number of hydrogen-bond acceptors (Lipinski definition) is 2. The molecule has 0 aliphatic carbocycles. The van der Waals surface area contributed by atoms with Gasteiger partial charge in [0.15, 0.2) is 5.96 Å². The number of methoxy groups -OCH3 is 1. The number of halogens is 2. The molecule has 1 aromatic rings. The summed E-state index contributed by atoms with van der Waals surface area (Å²) in [6.45, 7) is 8.98. The molecule has 2 N–H and O–H groups in total. The van der Waals surface area contributed by atoms with Crippen molar-refractivity contribution in [2.75, 3.05) is 33.4 Å². The molecule has 4 nitrogen and oxygen atoms in total. The Kier molecular flexibility index (Phi) is 10.3. The van der Waals surface area contributed by atoms with E-state index in [1.807, 2.05) is 19.1 Å². The van der Waals surface area contributed by atoms with Crippen LogP contribution in [0.15, 0.2) is 29.3 Å². The number of hydrogen-bond donors (Lipinski definition) is 2. The Balaban J connectivity index is 0.00000441. The predicted molar refractivity (Wildman–Crippen MR) is 101 cm³/mol. The molecule has 126 valence electrons. The fraction of sp³-hybridized carbons (Fsp3) is 0.562. The molecule has 0 aliphatic rings. The third-order valence-corrected chi connectivity index (χ3v) is 3.20. The van der Waals surface area contributed by atoms with E-state index in [2.05, 4.69) is 29.5 Å². The molecule has 0 unspecified atom stereocenters. The van der Waals surface area contributed by atoms with Gasteiger partial charge in [-0.1, -0.05) is 26.0 Å². The van der Waals surface area contributed by atoms with Crippen LogP contribution in [0.2, 0.25) is 0 Å². The van der Waals surface area contributed by atoms with Crippen molar-refractivity contribution in [1.82, 2.24) is 10.6 Å². The average Bonchev–Trinajstić information content (AvgIpc) is 2.45. The van der Waals surface area contributed by atoms with E-state index < -0.39 is 0 Å². The Labute approximate surface area is 149 Å². The summed E-state index contributed by atoms with van der Waals surface area (Å²) >= 11 is 0. The average molecular weight is 423 g/mol. The molecule has 0 saturated carbocycles. The van der Waals surface area contributed by atoms with Crippen LogP contribution < -0.4 is 10.6 Å². The van der Waals surface area contributed by atoms with Crippen LogP contribution in [-0.4, -0.2) is 39.3 Å².